The van der Waals surface area contributed by atoms with Gasteiger partial charge in [-0.15, -0.1) is 0 Å². The van der Waals surface area contributed by atoms with Crippen LogP contribution in [0.1, 0.15) is 11.1 Å². The van der Waals surface area contributed by atoms with Crippen LogP contribution in [-0.4, -0.2) is 46.5 Å². The van der Waals surface area contributed by atoms with E-state index in [4.69, 9.17) is 21.1 Å². The molecule has 1 aliphatic heterocycles. The number of halogens is 1. The summed E-state index contributed by atoms with van der Waals surface area (Å²) in [5.41, 5.74) is 2.28. The van der Waals surface area contributed by atoms with Gasteiger partial charge in [-0.1, -0.05) is 60.1 Å². The highest BCUT2D eigenvalue weighted by Gasteiger charge is 2.37. The first-order valence-electron chi connectivity index (χ1n) is 13.5. The number of benzene rings is 4. The van der Waals surface area contributed by atoms with E-state index in [1.165, 1.54) is 30.2 Å². The van der Waals surface area contributed by atoms with Crippen LogP contribution in [0.15, 0.2) is 102 Å². The zero-order valence-electron chi connectivity index (χ0n) is 23.6. The van der Waals surface area contributed by atoms with Gasteiger partial charge < -0.3 is 19.7 Å². The smallest absolute Gasteiger partial charge is 0.268 e. The minimum Gasteiger partial charge on any atom is -0.495 e. The van der Waals surface area contributed by atoms with Gasteiger partial charge in [0.25, 0.3) is 15.9 Å². The Morgan fingerprint density at radius 2 is 1.70 bits per heavy atom. The predicted molar refractivity (Wildman–Crippen MR) is 165 cm³/mol. The maximum absolute atomic E-state index is 14.2. The molecule has 4 aromatic carbocycles. The highest BCUT2D eigenvalue weighted by Crippen LogP contribution is 2.35. The molecule has 11 heteroatoms. The Morgan fingerprint density at radius 1 is 1.00 bits per heavy atom. The van der Waals surface area contributed by atoms with Gasteiger partial charge in [-0.2, -0.15) is 0 Å². The molecule has 5 rings (SSSR count). The lowest BCUT2D eigenvalue weighted by Gasteiger charge is -2.35. The van der Waals surface area contributed by atoms with Crippen LogP contribution in [-0.2, 0) is 26.2 Å². The van der Waals surface area contributed by atoms with E-state index in [0.29, 0.717) is 22.0 Å². The van der Waals surface area contributed by atoms with Crippen LogP contribution in [0.4, 0.5) is 11.4 Å². The molecule has 0 unspecified atom stereocenters. The molecule has 0 fully saturated rings. The van der Waals surface area contributed by atoms with Crippen molar-refractivity contribution in [1.29, 1.82) is 0 Å². The molecule has 1 heterocycles. The number of hydrogen-bond acceptors (Lipinski definition) is 6. The Morgan fingerprint density at radius 3 is 2.42 bits per heavy atom. The largest absolute Gasteiger partial charge is 0.495 e. The molecule has 0 spiro atoms. The molecule has 0 aliphatic carbocycles. The fourth-order valence-corrected chi connectivity index (χ4v) is 6.52. The van der Waals surface area contributed by atoms with Crippen molar-refractivity contribution in [1.82, 2.24) is 5.32 Å². The van der Waals surface area contributed by atoms with Crippen LogP contribution in [0.25, 0.3) is 0 Å². The van der Waals surface area contributed by atoms with E-state index >= 15 is 0 Å². The van der Waals surface area contributed by atoms with Crippen molar-refractivity contribution < 1.29 is 27.5 Å². The lowest BCUT2D eigenvalue weighted by Crippen LogP contribution is -2.53. The maximum Gasteiger partial charge on any atom is 0.268 e. The van der Waals surface area contributed by atoms with E-state index in [2.05, 4.69) is 5.32 Å². The number of nitrogens with zero attached hydrogens (tertiary/aromatic N) is 2. The summed E-state index contributed by atoms with van der Waals surface area (Å²) in [5, 5.41) is 3.27. The number of rotatable bonds is 9. The Bertz CT molecular complexity index is 1730. The van der Waals surface area contributed by atoms with Crippen LogP contribution < -0.4 is 24.0 Å². The van der Waals surface area contributed by atoms with E-state index in [-0.39, 0.29) is 29.4 Å². The zero-order valence-corrected chi connectivity index (χ0v) is 25.1. The van der Waals surface area contributed by atoms with E-state index in [1.54, 1.807) is 55.5 Å². The molecule has 0 bridgehead atoms. The van der Waals surface area contributed by atoms with Crippen LogP contribution in [0, 0.1) is 6.92 Å². The van der Waals surface area contributed by atoms with Crippen molar-refractivity contribution >= 4 is 44.8 Å². The molecule has 2 amide bonds. The Balaban J connectivity index is 1.46. The van der Waals surface area contributed by atoms with Gasteiger partial charge in [0, 0.05) is 11.6 Å². The third-order valence-corrected chi connectivity index (χ3v) is 9.00. The second kappa shape index (κ2) is 12.8. The Hall–Kier alpha value is -4.54. The lowest BCUT2D eigenvalue weighted by molar-refractivity contribution is -0.128. The standard InChI is InChI=1S/C32H30ClN3O6S/c1-22-12-17-28(41-2)30(18-22)43(39,40)36(25-15-13-24(33)14-16-25)21-31(37)35-20-29(42-27-11-7-6-10-26(27)35)32(38)34-19-23-8-4-3-5-9-23/h3-18,29H,19-21H2,1-2H3,(H,34,38)/t29-/m1/s1. The van der Waals surface area contributed by atoms with E-state index < -0.39 is 34.5 Å². The second-order valence-corrected chi connectivity index (χ2v) is 12.2. The first kappa shape index (κ1) is 29.9. The van der Waals surface area contributed by atoms with Crippen LogP contribution >= 0.6 is 11.6 Å². The fourth-order valence-electron chi connectivity index (χ4n) is 4.74. The van der Waals surface area contributed by atoms with Crippen molar-refractivity contribution in [2.45, 2.75) is 24.5 Å². The van der Waals surface area contributed by atoms with Gasteiger partial charge in [0.2, 0.25) is 5.91 Å². The molecule has 1 aliphatic rings. The maximum atomic E-state index is 14.2. The summed E-state index contributed by atoms with van der Waals surface area (Å²) < 4.78 is 40.7. The molecule has 0 saturated heterocycles. The summed E-state index contributed by atoms with van der Waals surface area (Å²) in [4.78, 5) is 28.5. The fraction of sp³-hybridized carbons (Fsp3) is 0.188. The van der Waals surface area contributed by atoms with E-state index in [1.807, 2.05) is 30.3 Å². The average Bonchev–Trinajstić information content (AvgIpc) is 3.02. The van der Waals surface area contributed by atoms with Gasteiger partial charge in [0.15, 0.2) is 6.10 Å². The molecule has 43 heavy (non-hydrogen) atoms. The third-order valence-electron chi connectivity index (χ3n) is 6.96. The number of amides is 2. The van der Waals surface area contributed by atoms with Gasteiger partial charge in [-0.05, 0) is 66.6 Å². The van der Waals surface area contributed by atoms with Crippen molar-refractivity contribution in [3.63, 3.8) is 0 Å². The number of nitrogens with one attached hydrogen (secondary N) is 1. The number of ether oxygens (including phenoxy) is 2. The van der Waals surface area contributed by atoms with Crippen molar-refractivity contribution in [2.24, 2.45) is 0 Å². The number of anilines is 2. The first-order valence-corrected chi connectivity index (χ1v) is 15.3. The van der Waals surface area contributed by atoms with Crippen molar-refractivity contribution in [2.75, 3.05) is 29.4 Å². The first-order chi connectivity index (χ1) is 20.7. The van der Waals surface area contributed by atoms with Crippen LogP contribution in [0.5, 0.6) is 11.5 Å². The molecule has 0 radical (unpaired) electrons. The molecule has 222 valence electrons. The molecule has 1 N–H and O–H groups in total. The number of para-hydroxylation sites is 2. The van der Waals surface area contributed by atoms with Gasteiger partial charge >= 0.3 is 0 Å². The Labute approximate surface area is 255 Å². The molecule has 1 atom stereocenters. The monoisotopic (exact) mass is 619 g/mol. The molecule has 0 saturated carbocycles. The third kappa shape index (κ3) is 6.60. The number of carbonyl (C=O) groups is 2. The minimum atomic E-state index is -4.31. The van der Waals surface area contributed by atoms with Crippen LogP contribution in [0.3, 0.4) is 0 Å². The highest BCUT2D eigenvalue weighted by atomic mass is 35.5. The van der Waals surface area contributed by atoms with Gasteiger partial charge in [0.05, 0.1) is 25.0 Å². The summed E-state index contributed by atoms with van der Waals surface area (Å²) in [6.45, 7) is 1.38. The number of methoxy groups -OCH3 is 1. The summed E-state index contributed by atoms with van der Waals surface area (Å²) >= 11 is 6.10. The quantitative estimate of drug-likeness (QED) is 0.284. The minimum absolute atomic E-state index is 0.0849. The topological polar surface area (TPSA) is 105 Å². The Kier molecular flexibility index (Phi) is 8.89. The number of fused-ring (bicyclic) bond motifs is 1. The predicted octanol–water partition coefficient (Wildman–Crippen LogP) is 4.96. The highest BCUT2D eigenvalue weighted by molar-refractivity contribution is 7.93. The molecule has 9 nitrogen and oxygen atoms in total. The van der Waals surface area contributed by atoms with Crippen molar-refractivity contribution in [3.05, 3.63) is 113 Å². The number of sulfonamides is 1. The van der Waals surface area contributed by atoms with E-state index in [0.717, 1.165) is 9.87 Å². The van der Waals surface area contributed by atoms with Crippen LogP contribution in [0.2, 0.25) is 5.02 Å². The number of carbonyl (C=O) groups excluding carboxylic acids is 2. The van der Waals surface area contributed by atoms with Crippen molar-refractivity contribution in [3.8, 4) is 11.5 Å². The number of hydrogen-bond donors (Lipinski definition) is 1. The van der Waals surface area contributed by atoms with Gasteiger partial charge in [-0.3, -0.25) is 13.9 Å². The summed E-state index contributed by atoms with van der Waals surface area (Å²) in [6, 6.07) is 27.2. The molecule has 4 aromatic rings. The van der Waals surface area contributed by atoms with E-state index in [9.17, 15) is 18.0 Å². The number of aryl methyl sites for hydroxylation is 1. The summed E-state index contributed by atoms with van der Waals surface area (Å²) in [6.07, 6.45) is -1.01. The molecule has 0 aromatic heterocycles. The SMILES string of the molecule is COc1ccc(C)cc1S(=O)(=O)N(CC(=O)N1C[C@H](C(=O)NCc2ccccc2)Oc2ccccc21)c1ccc(Cl)cc1. The zero-order chi connectivity index (χ0) is 30.6. The summed E-state index contributed by atoms with van der Waals surface area (Å²) in [7, 11) is -2.92. The van der Waals surface area contributed by atoms with Gasteiger partial charge in [-0.25, -0.2) is 8.42 Å². The molecular formula is C32H30ClN3O6S. The normalized spacial score (nSPS) is 14.3. The second-order valence-electron chi connectivity index (χ2n) is 9.92. The molecular weight excluding hydrogens is 590 g/mol. The lowest BCUT2D eigenvalue weighted by atomic mass is 10.1. The summed E-state index contributed by atoms with van der Waals surface area (Å²) in [5.74, 6) is -0.475. The average molecular weight is 620 g/mol. The van der Waals surface area contributed by atoms with Gasteiger partial charge in [0.1, 0.15) is 22.9 Å².